The molecule has 2 aromatic heterocycles. The van der Waals surface area contributed by atoms with Gasteiger partial charge in [-0.1, -0.05) is 18.2 Å². The van der Waals surface area contributed by atoms with Crippen LogP contribution in [0.3, 0.4) is 0 Å². The number of aromatic nitrogens is 5. The van der Waals surface area contributed by atoms with Crippen molar-refractivity contribution in [3.8, 4) is 5.75 Å². The predicted molar refractivity (Wildman–Crippen MR) is 89.4 cm³/mol. The van der Waals surface area contributed by atoms with Crippen LogP contribution in [-0.2, 0) is 31.4 Å². The normalized spacial score (nSPS) is 10.4. The lowest BCUT2D eigenvalue weighted by Gasteiger charge is -2.07. The van der Waals surface area contributed by atoms with Gasteiger partial charge in [0.05, 0.1) is 6.42 Å². The molecule has 8 heteroatoms. The topological polar surface area (TPSA) is 94.8 Å². The summed E-state index contributed by atoms with van der Waals surface area (Å²) in [6.45, 7) is 0.758. The van der Waals surface area contributed by atoms with E-state index in [-0.39, 0.29) is 12.5 Å². The third-order valence-electron chi connectivity index (χ3n) is 3.58. The van der Waals surface area contributed by atoms with Crippen LogP contribution < -0.4 is 10.1 Å². The van der Waals surface area contributed by atoms with Crippen molar-refractivity contribution in [1.29, 1.82) is 0 Å². The molecule has 0 fully saturated rings. The van der Waals surface area contributed by atoms with Gasteiger partial charge in [-0.15, -0.1) is 5.10 Å². The molecule has 0 unspecified atom stereocenters. The van der Waals surface area contributed by atoms with Gasteiger partial charge in [-0.05, 0) is 39.8 Å². The lowest BCUT2D eigenvalue weighted by Crippen LogP contribution is -2.24. The summed E-state index contributed by atoms with van der Waals surface area (Å²) in [5, 5.41) is 14.0. The van der Waals surface area contributed by atoms with Gasteiger partial charge in [0.15, 0.2) is 5.82 Å². The van der Waals surface area contributed by atoms with Crippen LogP contribution in [0.4, 0.5) is 0 Å². The van der Waals surface area contributed by atoms with Crippen LogP contribution in [0.5, 0.6) is 5.75 Å². The number of tetrazole rings is 1. The van der Waals surface area contributed by atoms with Crippen LogP contribution >= 0.6 is 0 Å². The van der Waals surface area contributed by atoms with E-state index >= 15 is 0 Å². The Labute approximate surface area is 144 Å². The van der Waals surface area contributed by atoms with Crippen molar-refractivity contribution in [3.63, 3.8) is 0 Å². The maximum atomic E-state index is 12.0. The van der Waals surface area contributed by atoms with Crippen molar-refractivity contribution in [2.24, 2.45) is 7.05 Å². The smallest absolute Gasteiger partial charge is 0.224 e. The van der Waals surface area contributed by atoms with E-state index in [0.29, 0.717) is 24.5 Å². The van der Waals surface area contributed by atoms with Gasteiger partial charge in [0.2, 0.25) is 5.91 Å². The summed E-state index contributed by atoms with van der Waals surface area (Å²) >= 11 is 0. The first-order valence-electron chi connectivity index (χ1n) is 7.79. The van der Waals surface area contributed by atoms with Gasteiger partial charge in [0, 0.05) is 26.0 Å². The maximum absolute atomic E-state index is 12.0. The molecule has 0 saturated heterocycles. The van der Waals surface area contributed by atoms with Crippen molar-refractivity contribution in [1.82, 2.24) is 30.5 Å². The lowest BCUT2D eigenvalue weighted by molar-refractivity contribution is -0.120. The highest BCUT2D eigenvalue weighted by molar-refractivity contribution is 5.78. The number of nitrogens with one attached hydrogen (secondary N) is 1. The number of rotatable bonds is 7. The molecule has 0 aliphatic rings. The molecule has 2 heterocycles. The van der Waals surface area contributed by atoms with Crippen LogP contribution in [0.25, 0.3) is 0 Å². The first-order chi connectivity index (χ1) is 12.2. The molecule has 0 bridgehead atoms. The van der Waals surface area contributed by atoms with Crippen molar-refractivity contribution in [2.75, 3.05) is 0 Å². The number of carbonyl (C=O) groups excluding carboxylic acids is 1. The van der Waals surface area contributed by atoms with Crippen molar-refractivity contribution in [2.45, 2.75) is 19.6 Å². The number of ether oxygens (including phenoxy) is 1. The van der Waals surface area contributed by atoms with E-state index in [1.54, 1.807) is 24.1 Å². The van der Waals surface area contributed by atoms with E-state index in [0.717, 1.165) is 11.1 Å². The van der Waals surface area contributed by atoms with E-state index in [2.05, 4.69) is 25.8 Å². The molecule has 0 radical (unpaired) electrons. The minimum Gasteiger partial charge on any atom is -0.486 e. The molecule has 1 aromatic carbocycles. The SMILES string of the molecule is Cn1nnnc1COc1ccc(CC(=O)NCc2cccnc2)cc1. The Kier molecular flexibility index (Phi) is 5.30. The molecular weight excluding hydrogens is 320 g/mol. The van der Waals surface area contributed by atoms with E-state index in [9.17, 15) is 4.79 Å². The fourth-order valence-electron chi connectivity index (χ4n) is 2.17. The second-order valence-corrected chi connectivity index (χ2v) is 5.47. The summed E-state index contributed by atoms with van der Waals surface area (Å²) in [7, 11) is 1.76. The van der Waals surface area contributed by atoms with Gasteiger partial charge in [0.25, 0.3) is 0 Å². The Morgan fingerprint density at radius 1 is 1.20 bits per heavy atom. The monoisotopic (exact) mass is 338 g/mol. The minimum atomic E-state index is -0.0392. The van der Waals surface area contributed by atoms with Gasteiger partial charge < -0.3 is 10.1 Å². The zero-order valence-corrected chi connectivity index (χ0v) is 13.8. The zero-order chi connectivity index (χ0) is 17.5. The Morgan fingerprint density at radius 3 is 2.72 bits per heavy atom. The summed E-state index contributed by atoms with van der Waals surface area (Å²) in [5.41, 5.74) is 1.88. The summed E-state index contributed by atoms with van der Waals surface area (Å²) in [4.78, 5) is 16.0. The molecule has 0 saturated carbocycles. The van der Waals surface area contributed by atoms with Crippen LogP contribution in [0.15, 0.2) is 48.8 Å². The first kappa shape index (κ1) is 16.6. The molecular formula is C17H18N6O2. The van der Waals surface area contributed by atoms with E-state index in [4.69, 9.17) is 4.74 Å². The quantitative estimate of drug-likeness (QED) is 0.692. The Morgan fingerprint density at radius 2 is 2.04 bits per heavy atom. The molecule has 0 aliphatic heterocycles. The average Bonchev–Trinajstić information content (AvgIpc) is 3.05. The number of pyridine rings is 1. The van der Waals surface area contributed by atoms with Crippen LogP contribution in [-0.4, -0.2) is 31.1 Å². The number of amides is 1. The fraction of sp³-hybridized carbons (Fsp3) is 0.235. The highest BCUT2D eigenvalue weighted by atomic mass is 16.5. The predicted octanol–water partition coefficient (Wildman–Crippen LogP) is 1.04. The highest BCUT2D eigenvalue weighted by Gasteiger charge is 2.06. The average molecular weight is 338 g/mol. The number of nitrogens with zero attached hydrogens (tertiary/aromatic N) is 5. The Bertz CT molecular complexity index is 817. The zero-order valence-electron chi connectivity index (χ0n) is 13.8. The van der Waals surface area contributed by atoms with Crippen LogP contribution in [0.1, 0.15) is 17.0 Å². The third-order valence-corrected chi connectivity index (χ3v) is 3.58. The Hall–Kier alpha value is -3.29. The van der Waals surface area contributed by atoms with Crippen molar-refractivity contribution < 1.29 is 9.53 Å². The number of aryl methyl sites for hydroxylation is 1. The maximum Gasteiger partial charge on any atom is 0.224 e. The van der Waals surface area contributed by atoms with E-state index in [1.807, 2.05) is 36.4 Å². The molecule has 0 spiro atoms. The minimum absolute atomic E-state index is 0.0392. The highest BCUT2D eigenvalue weighted by Crippen LogP contribution is 2.14. The number of hydrogen-bond donors (Lipinski definition) is 1. The van der Waals surface area contributed by atoms with Gasteiger partial charge in [-0.2, -0.15) is 0 Å². The van der Waals surface area contributed by atoms with Gasteiger partial charge in [-0.3, -0.25) is 9.78 Å². The van der Waals surface area contributed by atoms with Crippen LogP contribution in [0.2, 0.25) is 0 Å². The standard InChI is InChI=1S/C17H18N6O2/c1-23-16(20-21-22-23)12-25-15-6-4-13(5-7-15)9-17(24)19-11-14-3-2-8-18-10-14/h2-8,10H,9,11-12H2,1H3,(H,19,24). The lowest BCUT2D eigenvalue weighted by atomic mass is 10.1. The summed E-state index contributed by atoms with van der Waals surface area (Å²) in [5.74, 6) is 1.30. The molecule has 8 nitrogen and oxygen atoms in total. The summed E-state index contributed by atoms with van der Waals surface area (Å²) in [6, 6.07) is 11.2. The number of hydrogen-bond acceptors (Lipinski definition) is 6. The second-order valence-electron chi connectivity index (χ2n) is 5.47. The van der Waals surface area contributed by atoms with Crippen molar-refractivity contribution in [3.05, 3.63) is 65.7 Å². The molecule has 3 rings (SSSR count). The van der Waals surface area contributed by atoms with E-state index in [1.165, 1.54) is 0 Å². The molecule has 0 aliphatic carbocycles. The molecule has 1 N–H and O–H groups in total. The fourth-order valence-corrected chi connectivity index (χ4v) is 2.17. The van der Waals surface area contributed by atoms with Crippen molar-refractivity contribution >= 4 is 5.91 Å². The van der Waals surface area contributed by atoms with Gasteiger partial charge >= 0.3 is 0 Å². The first-order valence-corrected chi connectivity index (χ1v) is 7.79. The molecule has 1 amide bonds. The molecule has 0 atom stereocenters. The number of benzene rings is 1. The largest absolute Gasteiger partial charge is 0.486 e. The molecule has 3 aromatic rings. The van der Waals surface area contributed by atoms with Gasteiger partial charge in [0.1, 0.15) is 12.4 Å². The van der Waals surface area contributed by atoms with Crippen LogP contribution in [0, 0.1) is 0 Å². The molecule has 25 heavy (non-hydrogen) atoms. The Balaban J connectivity index is 1.47. The van der Waals surface area contributed by atoms with E-state index < -0.39 is 0 Å². The summed E-state index contributed by atoms with van der Waals surface area (Å²) < 4.78 is 7.18. The number of carbonyl (C=O) groups is 1. The molecule has 128 valence electrons. The van der Waals surface area contributed by atoms with Gasteiger partial charge in [-0.25, -0.2) is 4.68 Å². The summed E-state index contributed by atoms with van der Waals surface area (Å²) in [6.07, 6.45) is 3.75. The third kappa shape index (κ3) is 4.84. The second kappa shape index (κ2) is 8.00.